The van der Waals surface area contributed by atoms with E-state index in [0.29, 0.717) is 12.4 Å². The Morgan fingerprint density at radius 1 is 1.48 bits per heavy atom. The predicted molar refractivity (Wildman–Crippen MR) is 89.5 cm³/mol. The molecule has 3 aromatic rings. The SMILES string of the molecule is NC(=NC1CCNC1)c1coc(Cn2ccc3cnccc32)c1. The van der Waals surface area contributed by atoms with Gasteiger partial charge in [-0.2, -0.15) is 0 Å². The number of hydrogen-bond donors (Lipinski definition) is 2. The third-order valence-electron chi connectivity index (χ3n) is 4.20. The highest BCUT2D eigenvalue weighted by Crippen LogP contribution is 2.17. The Morgan fingerprint density at radius 2 is 2.43 bits per heavy atom. The molecule has 4 heterocycles. The topological polar surface area (TPSA) is 81.4 Å². The Labute approximate surface area is 134 Å². The van der Waals surface area contributed by atoms with Crippen molar-refractivity contribution < 1.29 is 4.42 Å². The number of furan rings is 1. The van der Waals surface area contributed by atoms with Crippen molar-refractivity contribution in [2.24, 2.45) is 10.7 Å². The monoisotopic (exact) mass is 309 g/mol. The van der Waals surface area contributed by atoms with Crippen LogP contribution in [0.4, 0.5) is 0 Å². The van der Waals surface area contributed by atoms with E-state index in [0.717, 1.165) is 41.7 Å². The van der Waals surface area contributed by atoms with Crippen molar-refractivity contribution >= 4 is 16.7 Å². The van der Waals surface area contributed by atoms with E-state index < -0.39 is 0 Å². The molecule has 1 unspecified atom stereocenters. The molecular weight excluding hydrogens is 290 g/mol. The van der Waals surface area contributed by atoms with Gasteiger partial charge < -0.3 is 20.0 Å². The summed E-state index contributed by atoms with van der Waals surface area (Å²) >= 11 is 0. The van der Waals surface area contributed by atoms with Crippen molar-refractivity contribution in [1.82, 2.24) is 14.9 Å². The summed E-state index contributed by atoms with van der Waals surface area (Å²) in [5.41, 5.74) is 8.09. The summed E-state index contributed by atoms with van der Waals surface area (Å²) in [6, 6.07) is 6.29. The molecule has 6 nitrogen and oxygen atoms in total. The summed E-state index contributed by atoms with van der Waals surface area (Å²) in [6.45, 7) is 2.56. The second kappa shape index (κ2) is 5.89. The zero-order valence-electron chi connectivity index (χ0n) is 12.8. The number of rotatable bonds is 4. The lowest BCUT2D eigenvalue weighted by molar-refractivity contribution is 0.496. The largest absolute Gasteiger partial charge is 0.467 e. The van der Waals surface area contributed by atoms with Crippen LogP contribution in [-0.4, -0.2) is 34.5 Å². The molecule has 0 aliphatic carbocycles. The number of fused-ring (bicyclic) bond motifs is 1. The standard InChI is InChI=1S/C17H19N5O/c18-17(21-14-1-4-20-9-14)13-7-15(23-11-13)10-22-6-3-12-8-19-5-2-16(12)22/h2-3,5-8,11,14,20H,1,4,9-10H2,(H2,18,21). The van der Waals surface area contributed by atoms with Crippen LogP contribution in [0.3, 0.4) is 0 Å². The van der Waals surface area contributed by atoms with Gasteiger partial charge in [0.25, 0.3) is 0 Å². The lowest BCUT2D eigenvalue weighted by Crippen LogP contribution is -2.19. The summed E-state index contributed by atoms with van der Waals surface area (Å²) < 4.78 is 7.79. The molecule has 1 aliphatic rings. The minimum atomic E-state index is 0.272. The van der Waals surface area contributed by atoms with Crippen LogP contribution in [0.1, 0.15) is 17.7 Å². The first-order valence-electron chi connectivity index (χ1n) is 7.80. The molecule has 118 valence electrons. The molecule has 1 atom stereocenters. The van der Waals surface area contributed by atoms with E-state index in [1.54, 1.807) is 12.5 Å². The fourth-order valence-corrected chi connectivity index (χ4v) is 2.96. The minimum absolute atomic E-state index is 0.272. The van der Waals surface area contributed by atoms with Crippen LogP contribution in [0.25, 0.3) is 10.9 Å². The fourth-order valence-electron chi connectivity index (χ4n) is 2.96. The average molecular weight is 309 g/mol. The summed E-state index contributed by atoms with van der Waals surface area (Å²) in [6.07, 6.45) is 8.42. The van der Waals surface area contributed by atoms with E-state index in [2.05, 4.69) is 25.9 Å². The van der Waals surface area contributed by atoms with Crippen molar-refractivity contribution in [2.75, 3.05) is 13.1 Å². The zero-order chi connectivity index (χ0) is 15.6. The van der Waals surface area contributed by atoms with Crippen LogP contribution in [0.5, 0.6) is 0 Å². The molecule has 0 saturated carbocycles. The average Bonchev–Trinajstić information content (AvgIpc) is 3.29. The van der Waals surface area contributed by atoms with Gasteiger partial charge in [-0.15, -0.1) is 0 Å². The van der Waals surface area contributed by atoms with E-state index >= 15 is 0 Å². The van der Waals surface area contributed by atoms with Gasteiger partial charge in [-0.05, 0) is 31.2 Å². The molecular formula is C17H19N5O. The maximum atomic E-state index is 6.10. The van der Waals surface area contributed by atoms with Crippen LogP contribution in [-0.2, 0) is 6.54 Å². The molecule has 4 rings (SSSR count). The molecule has 0 bridgehead atoms. The second-order valence-electron chi connectivity index (χ2n) is 5.84. The smallest absolute Gasteiger partial charge is 0.129 e. The molecule has 1 fully saturated rings. The molecule has 0 spiro atoms. The van der Waals surface area contributed by atoms with E-state index in [1.165, 1.54) is 0 Å². The van der Waals surface area contributed by atoms with Gasteiger partial charge in [0, 0.05) is 30.5 Å². The van der Waals surface area contributed by atoms with Crippen LogP contribution in [0.15, 0.2) is 52.5 Å². The minimum Gasteiger partial charge on any atom is -0.467 e. The van der Waals surface area contributed by atoms with Gasteiger partial charge in [0.1, 0.15) is 17.9 Å². The van der Waals surface area contributed by atoms with Crippen molar-refractivity contribution in [3.63, 3.8) is 0 Å². The molecule has 3 aromatic heterocycles. The Bertz CT molecular complexity index is 841. The van der Waals surface area contributed by atoms with Crippen LogP contribution in [0.2, 0.25) is 0 Å². The third kappa shape index (κ3) is 2.85. The van der Waals surface area contributed by atoms with Crippen molar-refractivity contribution in [3.8, 4) is 0 Å². The summed E-state index contributed by atoms with van der Waals surface area (Å²) in [5, 5.41) is 4.41. The summed E-state index contributed by atoms with van der Waals surface area (Å²) in [4.78, 5) is 8.70. The Morgan fingerprint density at radius 3 is 3.30 bits per heavy atom. The van der Waals surface area contributed by atoms with Gasteiger partial charge in [0.2, 0.25) is 0 Å². The lowest BCUT2D eigenvalue weighted by Gasteiger charge is -2.03. The first-order valence-corrected chi connectivity index (χ1v) is 7.80. The molecule has 0 amide bonds. The highest BCUT2D eigenvalue weighted by Gasteiger charge is 2.15. The van der Waals surface area contributed by atoms with E-state index in [4.69, 9.17) is 10.2 Å². The maximum absolute atomic E-state index is 6.10. The van der Waals surface area contributed by atoms with Crippen LogP contribution in [0, 0.1) is 0 Å². The van der Waals surface area contributed by atoms with E-state index in [9.17, 15) is 0 Å². The van der Waals surface area contributed by atoms with E-state index in [1.807, 2.05) is 24.5 Å². The van der Waals surface area contributed by atoms with Crippen LogP contribution >= 0.6 is 0 Å². The quantitative estimate of drug-likeness (QED) is 0.568. The second-order valence-corrected chi connectivity index (χ2v) is 5.84. The highest BCUT2D eigenvalue weighted by molar-refractivity contribution is 5.97. The van der Waals surface area contributed by atoms with E-state index in [-0.39, 0.29) is 6.04 Å². The molecule has 23 heavy (non-hydrogen) atoms. The molecule has 0 aromatic carbocycles. The van der Waals surface area contributed by atoms with Gasteiger partial charge in [-0.1, -0.05) is 0 Å². The zero-order valence-corrected chi connectivity index (χ0v) is 12.8. The van der Waals surface area contributed by atoms with Gasteiger partial charge in [0.15, 0.2) is 0 Å². The number of amidine groups is 1. The number of nitrogens with one attached hydrogen (secondary N) is 1. The molecule has 3 N–H and O–H groups in total. The van der Waals surface area contributed by atoms with Crippen LogP contribution < -0.4 is 11.1 Å². The first-order chi connectivity index (χ1) is 11.3. The summed E-state index contributed by atoms with van der Waals surface area (Å²) in [5.74, 6) is 1.41. The Hall–Kier alpha value is -2.60. The van der Waals surface area contributed by atoms with Gasteiger partial charge in [-0.25, -0.2) is 0 Å². The maximum Gasteiger partial charge on any atom is 0.129 e. The number of aliphatic imine (C=N–C) groups is 1. The van der Waals surface area contributed by atoms with Gasteiger partial charge in [0.05, 0.1) is 23.7 Å². The molecule has 6 heteroatoms. The Balaban J connectivity index is 1.53. The number of hydrogen-bond acceptors (Lipinski definition) is 4. The number of nitrogens with zero attached hydrogens (tertiary/aromatic N) is 3. The fraction of sp³-hybridized carbons (Fsp3) is 0.294. The van der Waals surface area contributed by atoms with Gasteiger partial charge >= 0.3 is 0 Å². The van der Waals surface area contributed by atoms with Crippen molar-refractivity contribution in [1.29, 1.82) is 0 Å². The molecule has 1 aliphatic heterocycles. The lowest BCUT2D eigenvalue weighted by atomic mass is 10.2. The first kappa shape index (κ1) is 14.0. The predicted octanol–water partition coefficient (Wildman–Crippen LogP) is 1.74. The number of aromatic nitrogens is 2. The van der Waals surface area contributed by atoms with Crippen molar-refractivity contribution in [3.05, 3.63) is 54.4 Å². The third-order valence-corrected chi connectivity index (χ3v) is 4.20. The van der Waals surface area contributed by atoms with Gasteiger partial charge in [-0.3, -0.25) is 9.98 Å². The Kier molecular flexibility index (Phi) is 3.59. The molecule has 0 radical (unpaired) electrons. The number of pyridine rings is 1. The molecule has 1 saturated heterocycles. The van der Waals surface area contributed by atoms with Crippen molar-refractivity contribution in [2.45, 2.75) is 19.0 Å². The summed E-state index contributed by atoms with van der Waals surface area (Å²) in [7, 11) is 0. The normalized spacial score (nSPS) is 18.8. The number of nitrogens with two attached hydrogens (primary N) is 1. The highest BCUT2D eigenvalue weighted by atomic mass is 16.3.